The molecule has 2 aromatic heterocycles. The van der Waals surface area contributed by atoms with Crippen molar-refractivity contribution in [1.29, 1.82) is 0 Å². The number of anilines is 1. The molecule has 28 heavy (non-hydrogen) atoms. The number of nitrogen functional groups attached to an aromatic ring is 1. The minimum Gasteiger partial charge on any atom is -0.457 e. The van der Waals surface area contributed by atoms with E-state index in [0.29, 0.717) is 5.82 Å². The van der Waals surface area contributed by atoms with Gasteiger partial charge < -0.3 is 15.8 Å². The molecule has 3 heterocycles. The molecule has 1 saturated heterocycles. The minimum atomic E-state index is 0.270. The highest BCUT2D eigenvalue weighted by Gasteiger charge is 2.24. The zero-order valence-corrected chi connectivity index (χ0v) is 15.2. The van der Waals surface area contributed by atoms with Gasteiger partial charge in [0.15, 0.2) is 5.65 Å². The zero-order valence-electron chi connectivity index (χ0n) is 15.2. The monoisotopic (exact) mass is 372 g/mol. The summed E-state index contributed by atoms with van der Waals surface area (Å²) < 4.78 is 7.87. The Morgan fingerprint density at radius 2 is 1.79 bits per heavy atom. The first-order chi connectivity index (χ1) is 13.8. The number of benzene rings is 2. The number of aromatic nitrogens is 4. The van der Waals surface area contributed by atoms with Crippen molar-refractivity contribution >= 4 is 16.9 Å². The third kappa shape index (κ3) is 2.95. The molecule has 0 amide bonds. The second kappa shape index (κ2) is 6.94. The van der Waals surface area contributed by atoms with Crippen LogP contribution in [-0.2, 0) is 0 Å². The highest BCUT2D eigenvalue weighted by Crippen LogP contribution is 2.33. The van der Waals surface area contributed by atoms with E-state index in [9.17, 15) is 0 Å². The Bertz CT molecular complexity index is 1100. The van der Waals surface area contributed by atoms with Gasteiger partial charge in [0, 0.05) is 12.1 Å². The van der Waals surface area contributed by atoms with Crippen LogP contribution in [0.5, 0.6) is 11.5 Å². The molecule has 0 bridgehead atoms. The summed E-state index contributed by atoms with van der Waals surface area (Å²) in [5, 5.41) is 9.04. The van der Waals surface area contributed by atoms with Crippen molar-refractivity contribution in [3.05, 3.63) is 60.9 Å². The predicted molar refractivity (Wildman–Crippen MR) is 108 cm³/mol. The Hall–Kier alpha value is -3.45. The Balaban J connectivity index is 1.53. The maximum absolute atomic E-state index is 6.19. The highest BCUT2D eigenvalue weighted by atomic mass is 16.5. The van der Waals surface area contributed by atoms with Gasteiger partial charge in [0.25, 0.3) is 0 Å². The summed E-state index contributed by atoms with van der Waals surface area (Å²) in [5.41, 5.74) is 8.72. The van der Waals surface area contributed by atoms with E-state index in [2.05, 4.69) is 15.3 Å². The fourth-order valence-electron chi connectivity index (χ4n) is 3.61. The first-order valence-electron chi connectivity index (χ1n) is 9.32. The van der Waals surface area contributed by atoms with Crippen molar-refractivity contribution in [3.8, 4) is 22.8 Å². The van der Waals surface area contributed by atoms with E-state index in [4.69, 9.17) is 15.6 Å². The van der Waals surface area contributed by atoms with Gasteiger partial charge in [0.1, 0.15) is 29.3 Å². The molecule has 7 nitrogen and oxygen atoms in total. The number of fused-ring (bicyclic) bond motifs is 1. The quantitative estimate of drug-likeness (QED) is 0.570. The molecule has 1 aliphatic heterocycles. The van der Waals surface area contributed by atoms with Crippen LogP contribution in [0, 0.1) is 0 Å². The van der Waals surface area contributed by atoms with E-state index in [1.165, 1.54) is 6.33 Å². The smallest absolute Gasteiger partial charge is 0.164 e. The topological polar surface area (TPSA) is 90.9 Å². The molecule has 0 spiro atoms. The van der Waals surface area contributed by atoms with E-state index in [-0.39, 0.29) is 6.04 Å². The van der Waals surface area contributed by atoms with Crippen LogP contribution in [0.15, 0.2) is 60.9 Å². The maximum atomic E-state index is 6.19. The summed E-state index contributed by atoms with van der Waals surface area (Å²) in [4.78, 5) is 8.64. The lowest BCUT2D eigenvalue weighted by atomic mass is 10.1. The molecule has 1 fully saturated rings. The van der Waals surface area contributed by atoms with Crippen LogP contribution >= 0.6 is 0 Å². The van der Waals surface area contributed by atoms with E-state index in [0.717, 1.165) is 53.3 Å². The van der Waals surface area contributed by atoms with E-state index in [1.807, 2.05) is 59.3 Å². The van der Waals surface area contributed by atoms with Gasteiger partial charge in [-0.25, -0.2) is 14.6 Å². The lowest BCUT2D eigenvalue weighted by molar-refractivity contribution is 0.482. The van der Waals surface area contributed by atoms with Gasteiger partial charge in [-0.05, 0) is 49.4 Å². The Kier molecular flexibility index (Phi) is 4.14. The summed E-state index contributed by atoms with van der Waals surface area (Å²) >= 11 is 0. The average Bonchev–Trinajstić information content (AvgIpc) is 3.38. The minimum absolute atomic E-state index is 0.270. The van der Waals surface area contributed by atoms with Crippen molar-refractivity contribution in [2.45, 2.75) is 12.5 Å². The van der Waals surface area contributed by atoms with Crippen molar-refractivity contribution < 1.29 is 4.74 Å². The lowest BCUT2D eigenvalue weighted by Crippen LogP contribution is -2.15. The van der Waals surface area contributed by atoms with Gasteiger partial charge in [0.2, 0.25) is 0 Å². The predicted octanol–water partition coefficient (Wildman–Crippen LogP) is 3.40. The molecule has 4 aromatic rings. The fraction of sp³-hybridized carbons (Fsp3) is 0.190. The molecule has 0 saturated carbocycles. The van der Waals surface area contributed by atoms with Gasteiger partial charge in [-0.1, -0.05) is 18.2 Å². The first-order valence-corrected chi connectivity index (χ1v) is 9.32. The van der Waals surface area contributed by atoms with E-state index in [1.54, 1.807) is 0 Å². The summed E-state index contributed by atoms with van der Waals surface area (Å²) in [6, 6.07) is 17.8. The van der Waals surface area contributed by atoms with Crippen LogP contribution in [0.3, 0.4) is 0 Å². The molecule has 0 radical (unpaired) electrons. The number of nitrogens with zero attached hydrogens (tertiary/aromatic N) is 4. The molecule has 140 valence electrons. The van der Waals surface area contributed by atoms with Crippen LogP contribution in [0.2, 0.25) is 0 Å². The largest absolute Gasteiger partial charge is 0.457 e. The van der Waals surface area contributed by atoms with Gasteiger partial charge >= 0.3 is 0 Å². The van der Waals surface area contributed by atoms with Crippen molar-refractivity contribution in [3.63, 3.8) is 0 Å². The molecule has 7 heteroatoms. The van der Waals surface area contributed by atoms with E-state index >= 15 is 0 Å². The van der Waals surface area contributed by atoms with Gasteiger partial charge in [-0.15, -0.1) is 0 Å². The number of nitrogens with two attached hydrogens (primary N) is 1. The number of para-hydroxylation sites is 1. The van der Waals surface area contributed by atoms with Crippen LogP contribution in [0.25, 0.3) is 22.3 Å². The molecule has 3 N–H and O–H groups in total. The summed E-state index contributed by atoms with van der Waals surface area (Å²) in [7, 11) is 0. The normalized spacial score (nSPS) is 16.5. The number of hydrogen-bond acceptors (Lipinski definition) is 6. The molecular weight excluding hydrogens is 352 g/mol. The summed E-state index contributed by atoms with van der Waals surface area (Å²) in [5.74, 6) is 2.01. The Morgan fingerprint density at radius 1 is 1.00 bits per heavy atom. The van der Waals surface area contributed by atoms with Gasteiger partial charge in [-0.3, -0.25) is 0 Å². The van der Waals surface area contributed by atoms with Gasteiger partial charge in [-0.2, -0.15) is 5.10 Å². The molecule has 0 unspecified atom stereocenters. The standard InChI is InChI=1S/C21H20N6O/c22-20-18-19(26-27(15-10-11-23-12-15)21(18)25-13-24-20)14-6-8-17(9-7-14)28-16-4-2-1-3-5-16/h1-9,13,15,23H,10-12H2,(H2,22,24,25)/t15-/m0/s1. The summed E-state index contributed by atoms with van der Waals surface area (Å²) in [6.07, 6.45) is 2.52. The molecule has 5 rings (SSSR count). The number of nitrogens with one attached hydrogen (secondary N) is 1. The van der Waals surface area contributed by atoms with Crippen molar-refractivity contribution in [2.75, 3.05) is 18.8 Å². The first kappa shape index (κ1) is 16.7. The highest BCUT2D eigenvalue weighted by molar-refractivity contribution is 5.98. The number of hydrogen-bond donors (Lipinski definition) is 2. The molecular formula is C21H20N6O. The second-order valence-corrected chi connectivity index (χ2v) is 6.84. The fourth-order valence-corrected chi connectivity index (χ4v) is 3.61. The third-order valence-corrected chi connectivity index (χ3v) is 5.00. The summed E-state index contributed by atoms with van der Waals surface area (Å²) in [6.45, 7) is 1.86. The van der Waals surface area contributed by atoms with Crippen molar-refractivity contribution in [2.24, 2.45) is 0 Å². The third-order valence-electron chi connectivity index (χ3n) is 5.00. The van der Waals surface area contributed by atoms with E-state index < -0.39 is 0 Å². The molecule has 0 aliphatic carbocycles. The Labute approximate surface area is 162 Å². The second-order valence-electron chi connectivity index (χ2n) is 6.84. The number of ether oxygens (including phenoxy) is 1. The number of rotatable bonds is 4. The molecule has 2 aromatic carbocycles. The van der Waals surface area contributed by atoms with Crippen LogP contribution in [0.1, 0.15) is 12.5 Å². The van der Waals surface area contributed by atoms with Crippen LogP contribution in [0.4, 0.5) is 5.82 Å². The molecule has 1 aliphatic rings. The maximum Gasteiger partial charge on any atom is 0.164 e. The molecule has 1 atom stereocenters. The van der Waals surface area contributed by atoms with Crippen LogP contribution < -0.4 is 15.8 Å². The Morgan fingerprint density at radius 3 is 2.54 bits per heavy atom. The van der Waals surface area contributed by atoms with Gasteiger partial charge in [0.05, 0.1) is 11.4 Å². The zero-order chi connectivity index (χ0) is 18.9. The average molecular weight is 372 g/mol. The van der Waals surface area contributed by atoms with Crippen LogP contribution in [-0.4, -0.2) is 32.8 Å². The lowest BCUT2D eigenvalue weighted by Gasteiger charge is -2.09. The van der Waals surface area contributed by atoms with Crippen molar-refractivity contribution in [1.82, 2.24) is 25.1 Å². The SMILES string of the molecule is Nc1ncnc2c1c(-c1ccc(Oc3ccccc3)cc1)nn2[C@H]1CCNC1.